The number of benzene rings is 1. The molecule has 1 aromatic carbocycles. The lowest BCUT2D eigenvalue weighted by molar-refractivity contribution is 0.171. The van der Waals surface area contributed by atoms with Gasteiger partial charge >= 0.3 is 0 Å². The van der Waals surface area contributed by atoms with Crippen molar-refractivity contribution in [2.45, 2.75) is 19.9 Å². The van der Waals surface area contributed by atoms with E-state index in [1.807, 2.05) is 12.1 Å². The van der Waals surface area contributed by atoms with Crippen LogP contribution in [0.2, 0.25) is 10.0 Å². The normalized spacial score (nSPS) is 12.9. The van der Waals surface area contributed by atoms with Crippen LogP contribution in [-0.2, 0) is 4.74 Å². The zero-order chi connectivity index (χ0) is 12.1. The number of anilines is 1. The van der Waals surface area contributed by atoms with Crippen molar-refractivity contribution in [3.8, 4) is 0 Å². The molecule has 4 heteroatoms. The van der Waals surface area contributed by atoms with Crippen LogP contribution in [0.25, 0.3) is 0 Å². The van der Waals surface area contributed by atoms with Crippen molar-refractivity contribution in [3.05, 3.63) is 28.2 Å². The summed E-state index contributed by atoms with van der Waals surface area (Å²) in [5.41, 5.74) is 0.852. The highest BCUT2D eigenvalue weighted by molar-refractivity contribution is 6.43. The Hall–Kier alpha value is -0.440. The second-order valence-electron chi connectivity index (χ2n) is 4.05. The minimum absolute atomic E-state index is 0.223. The highest BCUT2D eigenvalue weighted by atomic mass is 35.5. The van der Waals surface area contributed by atoms with Gasteiger partial charge in [-0.15, -0.1) is 0 Å². The van der Waals surface area contributed by atoms with Gasteiger partial charge in [-0.3, -0.25) is 0 Å². The first kappa shape index (κ1) is 13.6. The molecule has 1 aromatic rings. The fourth-order valence-electron chi connectivity index (χ4n) is 1.40. The molecule has 0 saturated carbocycles. The first-order chi connectivity index (χ1) is 7.56. The molecule has 0 spiro atoms. The Kier molecular flexibility index (Phi) is 5.39. The monoisotopic (exact) mass is 261 g/mol. The maximum atomic E-state index is 6.11. The average molecular weight is 262 g/mol. The first-order valence-corrected chi connectivity index (χ1v) is 6.01. The van der Waals surface area contributed by atoms with E-state index in [2.05, 4.69) is 19.2 Å². The van der Waals surface area contributed by atoms with E-state index >= 15 is 0 Å². The van der Waals surface area contributed by atoms with Crippen LogP contribution >= 0.6 is 23.2 Å². The summed E-state index contributed by atoms with van der Waals surface area (Å²) in [6.45, 7) is 4.91. The molecule has 90 valence electrons. The number of methoxy groups -OCH3 is 1. The summed E-state index contributed by atoms with van der Waals surface area (Å²) in [4.78, 5) is 0. The van der Waals surface area contributed by atoms with Crippen LogP contribution in [0, 0.1) is 5.92 Å². The molecule has 2 nitrogen and oxygen atoms in total. The van der Waals surface area contributed by atoms with E-state index in [0.29, 0.717) is 22.6 Å². The fraction of sp³-hybridized carbons (Fsp3) is 0.500. The lowest BCUT2D eigenvalue weighted by Crippen LogP contribution is -2.30. The Bertz CT molecular complexity index is 342. The van der Waals surface area contributed by atoms with Crippen LogP contribution < -0.4 is 5.32 Å². The Morgan fingerprint density at radius 3 is 2.56 bits per heavy atom. The van der Waals surface area contributed by atoms with Gasteiger partial charge in [0, 0.05) is 7.11 Å². The number of hydrogen-bond acceptors (Lipinski definition) is 2. The van der Waals surface area contributed by atoms with Crippen LogP contribution in [0.1, 0.15) is 13.8 Å². The van der Waals surface area contributed by atoms with Crippen LogP contribution in [0.3, 0.4) is 0 Å². The van der Waals surface area contributed by atoms with E-state index in [9.17, 15) is 0 Å². The lowest BCUT2D eigenvalue weighted by atomic mass is 10.1. The van der Waals surface area contributed by atoms with E-state index < -0.39 is 0 Å². The van der Waals surface area contributed by atoms with E-state index in [4.69, 9.17) is 27.9 Å². The smallest absolute Gasteiger partial charge is 0.0823 e. The van der Waals surface area contributed by atoms with E-state index in [-0.39, 0.29) is 6.04 Å². The number of nitrogens with one attached hydrogen (secondary N) is 1. The third-order valence-electron chi connectivity index (χ3n) is 2.44. The molecule has 0 bridgehead atoms. The third-order valence-corrected chi connectivity index (χ3v) is 3.26. The molecule has 1 rings (SSSR count). The van der Waals surface area contributed by atoms with Crippen molar-refractivity contribution in [2.24, 2.45) is 5.92 Å². The molecule has 0 radical (unpaired) electrons. The predicted molar refractivity (Wildman–Crippen MR) is 70.6 cm³/mol. The second kappa shape index (κ2) is 6.33. The lowest BCUT2D eigenvalue weighted by Gasteiger charge is -2.23. The number of halogens is 2. The van der Waals surface area contributed by atoms with Gasteiger partial charge in [-0.2, -0.15) is 0 Å². The van der Waals surface area contributed by atoms with Crippen molar-refractivity contribution in [2.75, 3.05) is 19.0 Å². The molecule has 1 unspecified atom stereocenters. The quantitative estimate of drug-likeness (QED) is 0.863. The highest BCUT2D eigenvalue weighted by Crippen LogP contribution is 2.30. The summed E-state index contributed by atoms with van der Waals surface area (Å²) < 4.78 is 5.17. The molecule has 0 saturated heterocycles. The Labute approximate surface area is 107 Å². The van der Waals surface area contributed by atoms with Gasteiger partial charge in [0.2, 0.25) is 0 Å². The molecule has 16 heavy (non-hydrogen) atoms. The van der Waals surface area contributed by atoms with Gasteiger partial charge in [0.15, 0.2) is 0 Å². The second-order valence-corrected chi connectivity index (χ2v) is 4.84. The van der Waals surface area contributed by atoms with E-state index in [0.717, 1.165) is 5.69 Å². The van der Waals surface area contributed by atoms with Crippen LogP contribution in [0.4, 0.5) is 5.69 Å². The van der Waals surface area contributed by atoms with E-state index in [1.54, 1.807) is 13.2 Å². The minimum Gasteiger partial charge on any atom is -0.383 e. The maximum absolute atomic E-state index is 6.11. The molecule has 0 amide bonds. The zero-order valence-corrected chi connectivity index (χ0v) is 11.3. The van der Waals surface area contributed by atoms with Gasteiger partial charge in [0.1, 0.15) is 0 Å². The van der Waals surface area contributed by atoms with Gasteiger partial charge in [-0.05, 0) is 18.1 Å². The van der Waals surface area contributed by atoms with Gasteiger partial charge < -0.3 is 10.1 Å². The van der Waals surface area contributed by atoms with Gasteiger partial charge in [-0.1, -0.05) is 43.1 Å². The summed E-state index contributed by atoms with van der Waals surface area (Å²) in [6.07, 6.45) is 0. The summed E-state index contributed by atoms with van der Waals surface area (Å²) in [5.74, 6) is 0.454. The van der Waals surface area contributed by atoms with E-state index in [1.165, 1.54) is 0 Å². The summed E-state index contributed by atoms with van der Waals surface area (Å²) in [6, 6.07) is 5.79. The van der Waals surface area contributed by atoms with Gasteiger partial charge in [-0.25, -0.2) is 0 Å². The molecule has 0 aromatic heterocycles. The third kappa shape index (κ3) is 3.55. The summed E-state index contributed by atoms with van der Waals surface area (Å²) in [5, 5.41) is 4.47. The highest BCUT2D eigenvalue weighted by Gasteiger charge is 2.14. The van der Waals surface area contributed by atoms with Crippen LogP contribution in [-0.4, -0.2) is 19.8 Å². The number of hydrogen-bond donors (Lipinski definition) is 1. The zero-order valence-electron chi connectivity index (χ0n) is 9.76. The maximum Gasteiger partial charge on any atom is 0.0823 e. The topological polar surface area (TPSA) is 21.3 Å². The van der Waals surface area contributed by atoms with Crippen molar-refractivity contribution >= 4 is 28.9 Å². The minimum atomic E-state index is 0.223. The number of rotatable bonds is 5. The Morgan fingerprint density at radius 2 is 2.00 bits per heavy atom. The standard InChI is InChI=1S/C12H17Cl2NO/c1-8(2)11(7-16-3)15-10-6-4-5-9(13)12(10)14/h4-6,8,11,15H,7H2,1-3H3. The fourth-order valence-corrected chi connectivity index (χ4v) is 1.75. The molecule has 0 heterocycles. The summed E-state index contributed by atoms with van der Waals surface area (Å²) >= 11 is 12.1. The molecular weight excluding hydrogens is 245 g/mol. The molecular formula is C12H17Cl2NO. The predicted octanol–water partition coefficient (Wildman–Crippen LogP) is 4.08. The van der Waals surface area contributed by atoms with Crippen molar-refractivity contribution in [1.29, 1.82) is 0 Å². The summed E-state index contributed by atoms with van der Waals surface area (Å²) in [7, 11) is 1.69. The molecule has 0 aliphatic carbocycles. The average Bonchev–Trinajstić information content (AvgIpc) is 2.23. The SMILES string of the molecule is COCC(Nc1cccc(Cl)c1Cl)C(C)C. The van der Waals surface area contributed by atoms with Crippen molar-refractivity contribution in [1.82, 2.24) is 0 Å². The van der Waals surface area contributed by atoms with Crippen LogP contribution in [0.15, 0.2) is 18.2 Å². The largest absolute Gasteiger partial charge is 0.383 e. The van der Waals surface area contributed by atoms with Crippen molar-refractivity contribution in [3.63, 3.8) is 0 Å². The Balaban J connectivity index is 2.81. The van der Waals surface area contributed by atoms with Crippen molar-refractivity contribution < 1.29 is 4.74 Å². The molecule has 1 N–H and O–H groups in total. The molecule has 0 fully saturated rings. The molecule has 1 atom stereocenters. The molecule has 0 aliphatic rings. The Morgan fingerprint density at radius 1 is 1.31 bits per heavy atom. The molecule has 0 aliphatic heterocycles. The number of ether oxygens (including phenoxy) is 1. The first-order valence-electron chi connectivity index (χ1n) is 5.25. The van der Waals surface area contributed by atoms with Crippen LogP contribution in [0.5, 0.6) is 0 Å². The van der Waals surface area contributed by atoms with Gasteiger partial charge in [0.05, 0.1) is 28.4 Å². The van der Waals surface area contributed by atoms with Gasteiger partial charge in [0.25, 0.3) is 0 Å².